The van der Waals surface area contributed by atoms with E-state index in [1.165, 1.54) is 19.1 Å². The zero-order chi connectivity index (χ0) is 47.8. The molecule has 23 heteroatoms. The van der Waals surface area contributed by atoms with E-state index in [-0.39, 0.29) is 79.0 Å². The minimum atomic E-state index is -0.472. The van der Waals surface area contributed by atoms with E-state index in [1.807, 2.05) is 0 Å². The van der Waals surface area contributed by atoms with Gasteiger partial charge in [-0.25, -0.2) is 4.98 Å². The number of piperidine rings is 1. The second kappa shape index (κ2) is 24.1. The Kier molecular flexibility index (Phi) is 17.3. The highest BCUT2D eigenvalue weighted by Gasteiger charge is 2.42. The average Bonchev–Trinajstić information content (AvgIpc) is 4.04. The number of amides is 6. The first-order valence-corrected chi connectivity index (χ1v) is 22.5. The van der Waals surface area contributed by atoms with Crippen LogP contribution >= 0.6 is 0 Å². The van der Waals surface area contributed by atoms with Gasteiger partial charge >= 0.3 is 0 Å². The molecule has 3 aliphatic rings. The van der Waals surface area contributed by atoms with Crippen LogP contribution in [0.5, 0.6) is 5.75 Å². The molecule has 0 spiro atoms. The van der Waals surface area contributed by atoms with Crippen LogP contribution in [0.4, 0.5) is 22.9 Å². The van der Waals surface area contributed by atoms with Crippen LogP contribution in [0.25, 0.3) is 11.4 Å². The van der Waals surface area contributed by atoms with Crippen LogP contribution in [0.15, 0.2) is 48.8 Å². The molecule has 0 radical (unpaired) electrons. The van der Waals surface area contributed by atoms with Gasteiger partial charge in [-0.15, -0.1) is 10.2 Å². The highest BCUT2D eigenvalue weighted by molar-refractivity contribution is 6.24. The lowest BCUT2D eigenvalue weighted by Gasteiger charge is -2.29. The number of carbonyl (C=O) groups is 6. The third kappa shape index (κ3) is 12.9. The molecule has 4 aromatic rings. The second-order valence-electron chi connectivity index (χ2n) is 15.9. The summed E-state index contributed by atoms with van der Waals surface area (Å²) in [4.78, 5) is 80.9. The van der Waals surface area contributed by atoms with Crippen LogP contribution in [0.2, 0.25) is 0 Å². The highest BCUT2D eigenvalue weighted by Crippen LogP contribution is 2.38. The molecule has 2 aromatic heterocycles. The van der Waals surface area contributed by atoms with Crippen LogP contribution in [-0.2, 0) is 39.9 Å². The number of ether oxygens (including phenoxy) is 5. The zero-order valence-corrected chi connectivity index (χ0v) is 38.0. The predicted octanol–water partition coefficient (Wildman–Crippen LogP) is 1.75. The number of nitrogens with one attached hydrogen (secondary N) is 6. The van der Waals surface area contributed by atoms with Crippen molar-refractivity contribution in [3.05, 3.63) is 65.6 Å². The lowest BCUT2D eigenvalue weighted by atomic mass is 10.1. The van der Waals surface area contributed by atoms with Gasteiger partial charge in [-0.3, -0.25) is 38.3 Å². The number of rotatable bonds is 27. The number of methoxy groups -OCH3 is 1. The molecule has 1 saturated carbocycles. The number of carbonyl (C=O) groups excluding carboxylic acids is 6. The van der Waals surface area contributed by atoms with Gasteiger partial charge in [-0.1, -0.05) is 12.1 Å². The zero-order valence-electron chi connectivity index (χ0n) is 38.0. The number of para-hydroxylation sites is 1. The quantitative estimate of drug-likeness (QED) is 0.0367. The molecule has 1 aliphatic carbocycles. The fourth-order valence-corrected chi connectivity index (χ4v) is 7.42. The predicted molar refractivity (Wildman–Crippen MR) is 244 cm³/mol. The minimum Gasteiger partial charge on any atom is -0.494 e. The van der Waals surface area contributed by atoms with Crippen molar-refractivity contribution in [2.45, 2.75) is 44.7 Å². The molecule has 2 fully saturated rings. The number of anilines is 4. The van der Waals surface area contributed by atoms with Gasteiger partial charge in [-0.2, -0.15) is 5.10 Å². The lowest BCUT2D eigenvalue weighted by Crippen LogP contribution is -2.50. The minimum absolute atomic E-state index is 0.0216. The van der Waals surface area contributed by atoms with E-state index in [0.29, 0.717) is 118 Å². The molecule has 2 aromatic carbocycles. The summed E-state index contributed by atoms with van der Waals surface area (Å²) < 4.78 is 29.6. The lowest BCUT2D eigenvalue weighted by molar-refractivity contribution is -0.123. The van der Waals surface area contributed by atoms with Gasteiger partial charge in [0.2, 0.25) is 17.7 Å². The summed E-state index contributed by atoms with van der Waals surface area (Å²) >= 11 is 0. The van der Waals surface area contributed by atoms with Gasteiger partial charge in [0.25, 0.3) is 17.7 Å². The Labute approximate surface area is 391 Å². The fourth-order valence-electron chi connectivity index (χ4n) is 7.42. The summed E-state index contributed by atoms with van der Waals surface area (Å²) in [5.74, 6) is -0.636. The van der Waals surface area contributed by atoms with Gasteiger partial charge in [0.05, 0.1) is 101 Å². The molecule has 6 amide bonds. The number of hydrogen-bond acceptors (Lipinski definition) is 17. The molecular formula is C45H56N12O11. The maximum atomic E-state index is 13.2. The van der Waals surface area contributed by atoms with Gasteiger partial charge < -0.3 is 55.6 Å². The molecule has 0 bridgehead atoms. The van der Waals surface area contributed by atoms with Crippen molar-refractivity contribution >= 4 is 58.3 Å². The number of fused-ring (bicyclic) bond motifs is 1. The summed E-state index contributed by atoms with van der Waals surface area (Å²) in [6.07, 6.45) is 4.10. The molecule has 6 N–H and O–H groups in total. The summed E-state index contributed by atoms with van der Waals surface area (Å²) in [6.45, 7) is 4.08. The van der Waals surface area contributed by atoms with Crippen molar-refractivity contribution in [3.8, 4) is 17.1 Å². The molecule has 1 atom stereocenters. The van der Waals surface area contributed by atoms with Gasteiger partial charge in [0.15, 0.2) is 23.1 Å². The molecular weight excluding hydrogens is 885 g/mol. The smallest absolute Gasteiger partial charge is 0.273 e. The molecule has 4 heterocycles. The van der Waals surface area contributed by atoms with Crippen molar-refractivity contribution in [3.63, 3.8) is 0 Å². The Morgan fingerprint density at radius 1 is 0.809 bits per heavy atom. The Bertz CT molecular complexity index is 2440. The maximum absolute atomic E-state index is 13.2. The summed E-state index contributed by atoms with van der Waals surface area (Å²) in [7, 11) is 2.99. The first-order valence-electron chi connectivity index (χ1n) is 22.5. The number of hydrogen-bond donors (Lipinski definition) is 6. The van der Waals surface area contributed by atoms with E-state index in [9.17, 15) is 28.8 Å². The van der Waals surface area contributed by atoms with E-state index in [4.69, 9.17) is 23.7 Å². The Hall–Kier alpha value is -7.08. The third-order valence-corrected chi connectivity index (χ3v) is 11.1. The third-order valence-electron chi connectivity index (χ3n) is 11.1. The second-order valence-corrected chi connectivity index (χ2v) is 15.9. The molecule has 1 saturated heterocycles. The summed E-state index contributed by atoms with van der Waals surface area (Å²) in [6, 6.07) is 11.6. The highest BCUT2D eigenvalue weighted by atomic mass is 16.6. The summed E-state index contributed by atoms with van der Waals surface area (Å²) in [5, 5.41) is 29.9. The van der Waals surface area contributed by atoms with Crippen molar-refractivity contribution in [1.29, 1.82) is 0 Å². The fraction of sp³-hybridized carbons (Fsp3) is 0.467. The van der Waals surface area contributed by atoms with Gasteiger partial charge in [0, 0.05) is 57.2 Å². The first kappa shape index (κ1) is 48.8. The molecule has 68 heavy (non-hydrogen) atoms. The maximum Gasteiger partial charge on any atom is 0.273 e. The van der Waals surface area contributed by atoms with Crippen molar-refractivity contribution in [2.24, 2.45) is 5.92 Å². The normalized spacial score (nSPS) is 15.4. The first-order chi connectivity index (χ1) is 33.1. The molecule has 1 unspecified atom stereocenters. The van der Waals surface area contributed by atoms with Crippen LogP contribution in [0, 0.1) is 5.92 Å². The van der Waals surface area contributed by atoms with E-state index >= 15 is 0 Å². The van der Waals surface area contributed by atoms with Crippen molar-refractivity contribution in [2.75, 3.05) is 103 Å². The van der Waals surface area contributed by atoms with E-state index in [1.54, 1.807) is 53.5 Å². The summed E-state index contributed by atoms with van der Waals surface area (Å²) in [5.41, 5.74) is 2.64. The SMILES string of the molecule is CNC(=O)c1nnc(NC(=O)C2CC2)cc1Nc1cccc(-c2ncn(CCNC(=O)CCOCCOCCOCCOCCNc3cccc4c3C(=O)N(C3CCC(=O)NC3)C4=O)n2)c1OC. The van der Waals surface area contributed by atoms with Crippen LogP contribution in [-0.4, -0.2) is 158 Å². The number of imide groups is 1. The number of nitrogens with zero attached hydrogens (tertiary/aromatic N) is 6. The largest absolute Gasteiger partial charge is 0.494 e. The van der Waals surface area contributed by atoms with Gasteiger partial charge in [-0.05, 0) is 43.5 Å². The van der Waals surface area contributed by atoms with E-state index in [0.717, 1.165) is 12.8 Å². The van der Waals surface area contributed by atoms with Crippen molar-refractivity contribution < 1.29 is 52.5 Å². The topological polar surface area (TPSA) is 280 Å². The molecule has 2 aliphatic heterocycles. The Morgan fingerprint density at radius 3 is 2.21 bits per heavy atom. The van der Waals surface area contributed by atoms with Crippen LogP contribution in [0.3, 0.4) is 0 Å². The van der Waals surface area contributed by atoms with Crippen LogP contribution in [0.1, 0.15) is 63.3 Å². The van der Waals surface area contributed by atoms with E-state index in [2.05, 4.69) is 52.2 Å². The molecule has 23 nitrogen and oxygen atoms in total. The van der Waals surface area contributed by atoms with Crippen LogP contribution < -0.4 is 36.6 Å². The van der Waals surface area contributed by atoms with Crippen molar-refractivity contribution in [1.82, 2.24) is 45.8 Å². The molecule has 7 rings (SSSR count). The Balaban J connectivity index is 0.720. The average molecular weight is 941 g/mol. The number of aromatic nitrogens is 5. The Morgan fingerprint density at radius 2 is 1.51 bits per heavy atom. The number of benzene rings is 2. The van der Waals surface area contributed by atoms with Gasteiger partial charge in [0.1, 0.15) is 6.33 Å². The standard InChI is InChI=1S/C45H56N12O11/c1-46-43(61)39-34(25-35(53-54-39)52-42(60)28-9-10-28)51-33-8-4-6-31(40(33)64-2)41-50-27-56(55-41)16-14-48-37(59)13-17-65-19-21-67-23-24-68-22-20-66-18-15-47-32-7-3-5-30-38(32)45(63)57(44(30)62)29-11-12-36(58)49-26-29/h3-8,25,27-29,47H,9-24,26H2,1-2H3,(H,46,61)(H,48,59)(H,49,58)(H2,51,52,53,60). The molecule has 362 valence electrons. The van der Waals surface area contributed by atoms with E-state index < -0.39 is 5.91 Å². The monoisotopic (exact) mass is 940 g/mol.